The van der Waals surface area contributed by atoms with E-state index in [4.69, 9.17) is 16.1 Å². The first-order valence-electron chi connectivity index (χ1n) is 9.49. The van der Waals surface area contributed by atoms with Gasteiger partial charge < -0.3 is 14.7 Å². The number of thiophene rings is 1. The molecule has 1 aliphatic rings. The molecular weight excluding hydrogens is 426 g/mol. The molecule has 3 heterocycles. The second-order valence-corrected chi connectivity index (χ2v) is 8.16. The highest BCUT2D eigenvalue weighted by molar-refractivity contribution is 7.13. The monoisotopic (exact) mass is 445 g/mol. The van der Waals surface area contributed by atoms with Crippen LogP contribution in [0.4, 0.5) is 0 Å². The van der Waals surface area contributed by atoms with Crippen LogP contribution in [0.1, 0.15) is 16.2 Å². The standard InChI is InChI=1S/C20H20ClN5O3S/c21-15-5-2-1-4-14(15)20(28)22-12-18(27)26-9-7-25(8-10-26)13-17-23-19(24-29-17)16-6-3-11-30-16/h1-6,11H,7-10,12-13H2,(H,22,28). The van der Waals surface area contributed by atoms with Gasteiger partial charge in [0.1, 0.15) is 0 Å². The number of nitrogens with zero attached hydrogens (tertiary/aromatic N) is 4. The number of carbonyl (C=O) groups excluding carboxylic acids is 2. The number of halogens is 1. The van der Waals surface area contributed by atoms with E-state index in [9.17, 15) is 9.59 Å². The number of amides is 2. The Kier molecular flexibility index (Phi) is 6.41. The van der Waals surface area contributed by atoms with E-state index in [2.05, 4.69) is 20.4 Å². The van der Waals surface area contributed by atoms with Crippen LogP contribution in [0.15, 0.2) is 46.3 Å². The van der Waals surface area contributed by atoms with Crippen molar-refractivity contribution in [3.05, 3.63) is 58.3 Å². The zero-order chi connectivity index (χ0) is 20.9. The van der Waals surface area contributed by atoms with Crippen molar-refractivity contribution in [3.63, 3.8) is 0 Å². The summed E-state index contributed by atoms with van der Waals surface area (Å²) in [6.07, 6.45) is 0. The first-order chi connectivity index (χ1) is 14.6. The quantitative estimate of drug-likeness (QED) is 0.626. The van der Waals surface area contributed by atoms with Gasteiger partial charge in [0.25, 0.3) is 5.91 Å². The fourth-order valence-electron chi connectivity index (χ4n) is 3.18. The Labute approximate surface area is 182 Å². The van der Waals surface area contributed by atoms with Crippen molar-refractivity contribution in [1.29, 1.82) is 0 Å². The van der Waals surface area contributed by atoms with E-state index in [1.165, 1.54) is 0 Å². The molecule has 4 rings (SSSR count). The van der Waals surface area contributed by atoms with Crippen LogP contribution in [0.2, 0.25) is 5.02 Å². The summed E-state index contributed by atoms with van der Waals surface area (Å²) in [7, 11) is 0. The van der Waals surface area contributed by atoms with Gasteiger partial charge in [0.05, 0.1) is 28.6 Å². The van der Waals surface area contributed by atoms with Gasteiger partial charge in [-0.25, -0.2) is 0 Å². The van der Waals surface area contributed by atoms with Gasteiger partial charge in [-0.05, 0) is 23.6 Å². The molecule has 0 atom stereocenters. The molecule has 10 heteroatoms. The van der Waals surface area contributed by atoms with Gasteiger partial charge in [-0.3, -0.25) is 14.5 Å². The molecule has 156 valence electrons. The van der Waals surface area contributed by atoms with Crippen LogP contribution >= 0.6 is 22.9 Å². The minimum absolute atomic E-state index is 0.0576. The molecule has 0 aliphatic carbocycles. The number of rotatable bonds is 6. The van der Waals surface area contributed by atoms with Crippen molar-refractivity contribution in [1.82, 2.24) is 25.3 Å². The molecule has 0 unspecified atom stereocenters. The molecule has 0 saturated carbocycles. The van der Waals surface area contributed by atoms with Gasteiger partial charge in [0.2, 0.25) is 17.6 Å². The molecule has 2 aromatic heterocycles. The molecular formula is C20H20ClN5O3S. The van der Waals surface area contributed by atoms with Crippen molar-refractivity contribution < 1.29 is 14.1 Å². The fraction of sp³-hybridized carbons (Fsp3) is 0.300. The maximum Gasteiger partial charge on any atom is 0.253 e. The maximum atomic E-state index is 12.4. The van der Waals surface area contributed by atoms with Crippen molar-refractivity contribution in [2.75, 3.05) is 32.7 Å². The van der Waals surface area contributed by atoms with Crippen molar-refractivity contribution in [2.24, 2.45) is 0 Å². The first kappa shape index (κ1) is 20.5. The number of carbonyl (C=O) groups is 2. The SMILES string of the molecule is O=C(NCC(=O)N1CCN(Cc2nc(-c3cccs3)no2)CC1)c1ccccc1Cl. The summed E-state index contributed by atoms with van der Waals surface area (Å²) < 4.78 is 5.35. The third-order valence-corrected chi connectivity index (χ3v) is 6.01. The number of piperazine rings is 1. The summed E-state index contributed by atoms with van der Waals surface area (Å²) >= 11 is 7.58. The summed E-state index contributed by atoms with van der Waals surface area (Å²) in [5, 5.41) is 9.00. The minimum atomic E-state index is -0.356. The van der Waals surface area contributed by atoms with Gasteiger partial charge in [0, 0.05) is 26.2 Å². The van der Waals surface area contributed by atoms with Crippen molar-refractivity contribution in [2.45, 2.75) is 6.54 Å². The average Bonchev–Trinajstić information content (AvgIpc) is 3.45. The molecule has 1 aliphatic heterocycles. The molecule has 0 radical (unpaired) electrons. The van der Waals surface area contributed by atoms with E-state index in [1.807, 2.05) is 17.5 Å². The van der Waals surface area contributed by atoms with Gasteiger partial charge in [-0.15, -0.1) is 11.3 Å². The Bertz CT molecular complexity index is 1020. The number of nitrogens with one attached hydrogen (secondary N) is 1. The van der Waals surface area contributed by atoms with E-state index >= 15 is 0 Å². The number of hydrogen-bond donors (Lipinski definition) is 1. The van der Waals surface area contributed by atoms with E-state index < -0.39 is 0 Å². The molecule has 1 aromatic carbocycles. The average molecular weight is 446 g/mol. The fourth-order valence-corrected chi connectivity index (χ4v) is 4.05. The van der Waals surface area contributed by atoms with E-state index in [0.717, 1.165) is 4.88 Å². The topological polar surface area (TPSA) is 91.6 Å². The first-order valence-corrected chi connectivity index (χ1v) is 10.8. The molecule has 0 spiro atoms. The third kappa shape index (κ3) is 4.86. The summed E-state index contributed by atoms with van der Waals surface area (Å²) in [5.74, 6) is 0.687. The highest BCUT2D eigenvalue weighted by atomic mass is 35.5. The lowest BCUT2D eigenvalue weighted by Crippen LogP contribution is -2.50. The molecule has 0 bridgehead atoms. The summed E-state index contributed by atoms with van der Waals surface area (Å²) in [6, 6.07) is 10.7. The van der Waals surface area contributed by atoms with Crippen LogP contribution in [0.5, 0.6) is 0 Å². The Hall–Kier alpha value is -2.75. The summed E-state index contributed by atoms with van der Waals surface area (Å²) in [4.78, 5) is 34.0. The molecule has 8 nitrogen and oxygen atoms in total. The van der Waals surface area contributed by atoms with E-state index in [-0.39, 0.29) is 18.4 Å². The Balaban J connectivity index is 1.23. The van der Waals surface area contributed by atoms with Crippen LogP contribution in [0.3, 0.4) is 0 Å². The molecule has 30 heavy (non-hydrogen) atoms. The van der Waals surface area contributed by atoms with E-state index in [1.54, 1.807) is 40.5 Å². The largest absolute Gasteiger partial charge is 0.343 e. The second kappa shape index (κ2) is 9.38. The van der Waals surface area contributed by atoms with Gasteiger partial charge in [-0.1, -0.05) is 35.0 Å². The van der Waals surface area contributed by atoms with E-state index in [0.29, 0.717) is 55.0 Å². The van der Waals surface area contributed by atoms with Crippen LogP contribution in [-0.2, 0) is 11.3 Å². The Morgan fingerprint density at radius 1 is 1.13 bits per heavy atom. The van der Waals surface area contributed by atoms with Gasteiger partial charge >= 0.3 is 0 Å². The molecule has 2 amide bonds. The Morgan fingerprint density at radius 3 is 2.67 bits per heavy atom. The van der Waals surface area contributed by atoms with Crippen LogP contribution in [0.25, 0.3) is 10.7 Å². The summed E-state index contributed by atoms with van der Waals surface area (Å²) in [5.41, 5.74) is 0.360. The number of aromatic nitrogens is 2. The van der Waals surface area contributed by atoms with Crippen LogP contribution in [0, 0.1) is 0 Å². The predicted octanol–water partition coefficient (Wildman–Crippen LogP) is 2.53. The zero-order valence-electron chi connectivity index (χ0n) is 16.1. The molecule has 3 aromatic rings. The van der Waals surface area contributed by atoms with Crippen molar-refractivity contribution in [3.8, 4) is 10.7 Å². The third-order valence-electron chi connectivity index (χ3n) is 4.81. The van der Waals surface area contributed by atoms with Crippen LogP contribution in [-0.4, -0.2) is 64.5 Å². The van der Waals surface area contributed by atoms with Gasteiger partial charge in [-0.2, -0.15) is 4.98 Å². The zero-order valence-corrected chi connectivity index (χ0v) is 17.7. The number of hydrogen-bond acceptors (Lipinski definition) is 7. The minimum Gasteiger partial charge on any atom is -0.343 e. The molecule has 1 saturated heterocycles. The normalized spacial score (nSPS) is 14.6. The Morgan fingerprint density at radius 2 is 1.93 bits per heavy atom. The number of benzene rings is 1. The van der Waals surface area contributed by atoms with Crippen molar-refractivity contribution >= 4 is 34.8 Å². The maximum absolute atomic E-state index is 12.4. The molecule has 1 fully saturated rings. The lowest BCUT2D eigenvalue weighted by atomic mass is 10.2. The highest BCUT2D eigenvalue weighted by Gasteiger charge is 2.23. The lowest BCUT2D eigenvalue weighted by Gasteiger charge is -2.34. The predicted molar refractivity (Wildman–Crippen MR) is 113 cm³/mol. The van der Waals surface area contributed by atoms with Gasteiger partial charge in [0.15, 0.2) is 0 Å². The smallest absolute Gasteiger partial charge is 0.253 e. The summed E-state index contributed by atoms with van der Waals surface area (Å²) in [6.45, 7) is 3.03. The molecule has 1 N–H and O–H groups in total. The van der Waals surface area contributed by atoms with Crippen LogP contribution < -0.4 is 5.32 Å². The highest BCUT2D eigenvalue weighted by Crippen LogP contribution is 2.21. The second-order valence-electron chi connectivity index (χ2n) is 6.81. The lowest BCUT2D eigenvalue weighted by molar-refractivity contribution is -0.131.